The molecule has 4 heteroatoms. The first-order valence-corrected chi connectivity index (χ1v) is 4.81. The van der Waals surface area contributed by atoms with E-state index >= 15 is 0 Å². The lowest BCUT2D eigenvalue weighted by molar-refractivity contribution is 0.0601. The minimum absolute atomic E-state index is 0.415. The average molecular weight is 209 g/mol. The van der Waals surface area contributed by atoms with Gasteiger partial charge in [-0.05, 0) is 18.6 Å². The van der Waals surface area contributed by atoms with Crippen LogP contribution in [0.3, 0.4) is 0 Å². The number of carbonyl (C=O) groups is 1. The van der Waals surface area contributed by atoms with Crippen LogP contribution in [-0.2, 0) is 4.74 Å². The van der Waals surface area contributed by atoms with Crippen LogP contribution in [0.5, 0.6) is 0 Å². The molecule has 0 saturated heterocycles. The highest BCUT2D eigenvalue weighted by atomic mass is 16.5. The summed E-state index contributed by atoms with van der Waals surface area (Å²) in [4.78, 5) is 11.4. The monoisotopic (exact) mass is 209 g/mol. The Bertz CT molecular complexity index is 338. The van der Waals surface area contributed by atoms with Crippen LogP contribution in [0.1, 0.15) is 23.7 Å². The molecule has 1 aromatic rings. The molecule has 0 aliphatic carbocycles. The number of esters is 1. The standard InChI is InChI=1S/C11H15NO3/c1-3-10(13)12-9-7-5-4-6-8(9)11(14)15-2/h4-7,10,12-13H,3H2,1-2H3. The molecule has 1 aromatic carbocycles. The molecule has 0 radical (unpaired) electrons. The molecule has 0 bridgehead atoms. The van der Waals surface area contributed by atoms with Crippen molar-refractivity contribution >= 4 is 11.7 Å². The summed E-state index contributed by atoms with van der Waals surface area (Å²) in [5, 5.41) is 12.3. The maximum atomic E-state index is 11.4. The van der Waals surface area contributed by atoms with Gasteiger partial charge in [-0.1, -0.05) is 19.1 Å². The first kappa shape index (κ1) is 11.5. The van der Waals surface area contributed by atoms with Gasteiger partial charge in [0, 0.05) is 0 Å². The van der Waals surface area contributed by atoms with Crippen molar-refractivity contribution in [1.82, 2.24) is 0 Å². The van der Waals surface area contributed by atoms with Gasteiger partial charge in [0.2, 0.25) is 0 Å². The van der Waals surface area contributed by atoms with Gasteiger partial charge >= 0.3 is 5.97 Å². The lowest BCUT2D eigenvalue weighted by Crippen LogP contribution is -2.19. The highest BCUT2D eigenvalue weighted by molar-refractivity contribution is 5.95. The number of hydrogen-bond donors (Lipinski definition) is 2. The van der Waals surface area contributed by atoms with Crippen molar-refractivity contribution in [3.8, 4) is 0 Å². The van der Waals surface area contributed by atoms with Gasteiger partial charge in [0.05, 0.1) is 18.4 Å². The molecule has 1 rings (SSSR count). The first-order valence-electron chi connectivity index (χ1n) is 4.81. The van der Waals surface area contributed by atoms with E-state index in [4.69, 9.17) is 0 Å². The summed E-state index contributed by atoms with van der Waals surface area (Å²) < 4.78 is 4.63. The summed E-state index contributed by atoms with van der Waals surface area (Å²) in [7, 11) is 1.33. The molecule has 0 heterocycles. The van der Waals surface area contributed by atoms with Crippen LogP contribution >= 0.6 is 0 Å². The van der Waals surface area contributed by atoms with Gasteiger partial charge in [-0.25, -0.2) is 4.79 Å². The second-order valence-electron chi connectivity index (χ2n) is 3.11. The van der Waals surface area contributed by atoms with E-state index in [-0.39, 0.29) is 0 Å². The molecule has 15 heavy (non-hydrogen) atoms. The van der Waals surface area contributed by atoms with E-state index in [9.17, 15) is 9.90 Å². The number of para-hydroxylation sites is 1. The van der Waals surface area contributed by atoms with Crippen molar-refractivity contribution in [3.63, 3.8) is 0 Å². The molecule has 1 unspecified atom stereocenters. The van der Waals surface area contributed by atoms with Gasteiger partial charge in [0.25, 0.3) is 0 Å². The average Bonchev–Trinajstić information content (AvgIpc) is 2.28. The quantitative estimate of drug-likeness (QED) is 0.584. The Balaban J connectivity index is 2.91. The summed E-state index contributed by atoms with van der Waals surface area (Å²) >= 11 is 0. The molecule has 0 saturated carbocycles. The Hall–Kier alpha value is -1.55. The van der Waals surface area contributed by atoms with E-state index in [1.807, 2.05) is 6.92 Å². The van der Waals surface area contributed by atoms with Crippen LogP contribution in [0.25, 0.3) is 0 Å². The number of ether oxygens (including phenoxy) is 1. The number of methoxy groups -OCH3 is 1. The first-order chi connectivity index (χ1) is 7.19. The molecular weight excluding hydrogens is 194 g/mol. The van der Waals surface area contributed by atoms with Crippen LogP contribution in [0, 0.1) is 0 Å². The number of benzene rings is 1. The smallest absolute Gasteiger partial charge is 0.339 e. The maximum absolute atomic E-state index is 11.4. The zero-order valence-electron chi connectivity index (χ0n) is 8.86. The molecule has 4 nitrogen and oxygen atoms in total. The van der Waals surface area contributed by atoms with Crippen molar-refractivity contribution in [2.75, 3.05) is 12.4 Å². The summed E-state index contributed by atoms with van der Waals surface area (Å²) in [6.07, 6.45) is -0.0917. The number of aliphatic hydroxyl groups excluding tert-OH is 1. The van der Waals surface area contributed by atoms with Gasteiger partial charge < -0.3 is 15.2 Å². The third-order valence-corrected chi connectivity index (χ3v) is 2.04. The predicted octanol–water partition coefficient (Wildman–Crippen LogP) is 1.61. The predicted molar refractivity (Wildman–Crippen MR) is 57.7 cm³/mol. The van der Waals surface area contributed by atoms with Crippen molar-refractivity contribution in [2.24, 2.45) is 0 Å². The van der Waals surface area contributed by atoms with E-state index < -0.39 is 12.2 Å². The number of hydrogen-bond acceptors (Lipinski definition) is 4. The fourth-order valence-corrected chi connectivity index (χ4v) is 1.18. The van der Waals surface area contributed by atoms with Crippen LogP contribution in [0.15, 0.2) is 24.3 Å². The number of rotatable bonds is 4. The van der Waals surface area contributed by atoms with E-state index in [1.54, 1.807) is 24.3 Å². The van der Waals surface area contributed by atoms with Crippen LogP contribution in [0.4, 0.5) is 5.69 Å². The van der Waals surface area contributed by atoms with E-state index in [2.05, 4.69) is 10.1 Å². The second kappa shape index (κ2) is 5.36. The molecule has 1 atom stereocenters. The Morgan fingerprint density at radius 3 is 2.80 bits per heavy atom. The van der Waals surface area contributed by atoms with Crippen molar-refractivity contribution in [1.29, 1.82) is 0 Å². The van der Waals surface area contributed by atoms with Crippen molar-refractivity contribution < 1.29 is 14.6 Å². The summed E-state index contributed by atoms with van der Waals surface area (Å²) in [5.41, 5.74) is 1.01. The Kier molecular flexibility index (Phi) is 4.12. The lowest BCUT2D eigenvalue weighted by atomic mass is 10.1. The highest BCUT2D eigenvalue weighted by Gasteiger charge is 2.12. The Morgan fingerprint density at radius 2 is 2.20 bits per heavy atom. The third kappa shape index (κ3) is 2.95. The number of nitrogens with one attached hydrogen (secondary N) is 1. The Labute approximate surface area is 88.9 Å². The van der Waals surface area contributed by atoms with E-state index in [0.29, 0.717) is 17.7 Å². The molecule has 0 spiro atoms. The zero-order chi connectivity index (χ0) is 11.3. The number of aliphatic hydroxyl groups is 1. The van der Waals surface area contributed by atoms with Gasteiger partial charge in [0.15, 0.2) is 0 Å². The van der Waals surface area contributed by atoms with Crippen LogP contribution in [0.2, 0.25) is 0 Å². The molecule has 0 aliphatic heterocycles. The molecule has 0 fully saturated rings. The molecule has 82 valence electrons. The van der Waals surface area contributed by atoms with Crippen LogP contribution in [-0.4, -0.2) is 24.4 Å². The summed E-state index contributed by atoms with van der Waals surface area (Å²) in [6.45, 7) is 1.85. The highest BCUT2D eigenvalue weighted by Crippen LogP contribution is 2.16. The van der Waals surface area contributed by atoms with Gasteiger partial charge in [-0.3, -0.25) is 0 Å². The maximum Gasteiger partial charge on any atom is 0.339 e. The van der Waals surface area contributed by atoms with Crippen molar-refractivity contribution in [3.05, 3.63) is 29.8 Å². The molecular formula is C11H15NO3. The fraction of sp³-hybridized carbons (Fsp3) is 0.364. The van der Waals surface area contributed by atoms with E-state index in [1.165, 1.54) is 7.11 Å². The van der Waals surface area contributed by atoms with Crippen LogP contribution < -0.4 is 5.32 Å². The summed E-state index contributed by atoms with van der Waals surface area (Å²) in [5.74, 6) is -0.415. The molecule has 0 amide bonds. The van der Waals surface area contributed by atoms with Gasteiger partial charge in [0.1, 0.15) is 6.23 Å². The summed E-state index contributed by atoms with van der Waals surface area (Å²) in [6, 6.07) is 6.91. The normalized spacial score (nSPS) is 11.9. The molecule has 0 aromatic heterocycles. The minimum Gasteiger partial charge on any atom is -0.465 e. The zero-order valence-corrected chi connectivity index (χ0v) is 8.86. The largest absolute Gasteiger partial charge is 0.465 e. The third-order valence-electron chi connectivity index (χ3n) is 2.04. The second-order valence-corrected chi connectivity index (χ2v) is 3.11. The van der Waals surface area contributed by atoms with Gasteiger partial charge in [-0.2, -0.15) is 0 Å². The molecule has 0 aliphatic rings. The lowest BCUT2D eigenvalue weighted by Gasteiger charge is -2.14. The SMILES string of the molecule is CCC(O)Nc1ccccc1C(=O)OC. The van der Waals surface area contributed by atoms with E-state index in [0.717, 1.165) is 0 Å². The number of anilines is 1. The van der Waals surface area contributed by atoms with Crippen molar-refractivity contribution in [2.45, 2.75) is 19.6 Å². The minimum atomic E-state index is -0.657. The Morgan fingerprint density at radius 1 is 1.53 bits per heavy atom. The van der Waals surface area contributed by atoms with Gasteiger partial charge in [-0.15, -0.1) is 0 Å². The molecule has 2 N–H and O–H groups in total. The fourth-order valence-electron chi connectivity index (χ4n) is 1.18. The topological polar surface area (TPSA) is 58.6 Å². The number of carbonyl (C=O) groups excluding carboxylic acids is 1.